The van der Waals surface area contributed by atoms with E-state index in [1.165, 1.54) is 6.07 Å². The van der Waals surface area contributed by atoms with Crippen molar-refractivity contribution < 1.29 is 4.39 Å². The van der Waals surface area contributed by atoms with E-state index >= 15 is 0 Å². The van der Waals surface area contributed by atoms with Crippen LogP contribution < -0.4 is 10.6 Å². The molecule has 0 saturated carbocycles. The van der Waals surface area contributed by atoms with Gasteiger partial charge in [0.25, 0.3) is 0 Å². The van der Waals surface area contributed by atoms with Gasteiger partial charge in [-0.25, -0.2) is 4.39 Å². The van der Waals surface area contributed by atoms with Crippen LogP contribution in [0.3, 0.4) is 0 Å². The third kappa shape index (κ3) is 2.21. The van der Waals surface area contributed by atoms with E-state index in [0.29, 0.717) is 11.4 Å². The molecule has 1 aliphatic heterocycles. The van der Waals surface area contributed by atoms with E-state index in [2.05, 4.69) is 11.9 Å². The van der Waals surface area contributed by atoms with Crippen molar-refractivity contribution in [3.63, 3.8) is 0 Å². The lowest BCUT2D eigenvalue weighted by Gasteiger charge is -2.34. The van der Waals surface area contributed by atoms with Crippen LogP contribution in [0.25, 0.3) is 0 Å². The summed E-state index contributed by atoms with van der Waals surface area (Å²) in [6.07, 6.45) is 0. The molecule has 2 rings (SSSR count). The average molecular weight is 209 g/mol. The molecule has 1 fully saturated rings. The van der Waals surface area contributed by atoms with Crippen LogP contribution in [0, 0.1) is 5.82 Å². The third-order valence-electron chi connectivity index (χ3n) is 2.81. The first kappa shape index (κ1) is 10.2. The standard InChI is InChI=1S/C11H16FN3/c1-14-4-6-15(7-5-14)11-8-9(13)2-3-10(11)12/h2-3,8H,4-7,13H2,1H3. The SMILES string of the molecule is CN1CCN(c2cc(N)ccc2F)CC1. The Morgan fingerprint density at radius 3 is 2.53 bits per heavy atom. The van der Waals surface area contributed by atoms with Gasteiger partial charge < -0.3 is 15.5 Å². The molecule has 1 aliphatic rings. The molecule has 0 bridgehead atoms. The molecule has 1 aromatic rings. The minimum absolute atomic E-state index is 0.186. The fourth-order valence-electron chi connectivity index (χ4n) is 1.82. The quantitative estimate of drug-likeness (QED) is 0.704. The van der Waals surface area contributed by atoms with Crippen LogP contribution in [0.1, 0.15) is 0 Å². The van der Waals surface area contributed by atoms with Crippen molar-refractivity contribution in [3.8, 4) is 0 Å². The highest BCUT2D eigenvalue weighted by molar-refractivity contribution is 5.57. The lowest BCUT2D eigenvalue weighted by atomic mass is 10.2. The van der Waals surface area contributed by atoms with Gasteiger partial charge >= 0.3 is 0 Å². The molecule has 0 amide bonds. The average Bonchev–Trinajstić information content (AvgIpc) is 2.23. The van der Waals surface area contributed by atoms with Gasteiger partial charge in [0.05, 0.1) is 5.69 Å². The van der Waals surface area contributed by atoms with Crippen LogP contribution in [0.5, 0.6) is 0 Å². The Kier molecular flexibility index (Phi) is 2.77. The molecule has 1 aromatic carbocycles. The number of rotatable bonds is 1. The maximum Gasteiger partial charge on any atom is 0.146 e. The second kappa shape index (κ2) is 4.06. The maximum atomic E-state index is 13.5. The lowest BCUT2D eigenvalue weighted by molar-refractivity contribution is 0.311. The molecule has 0 atom stereocenters. The predicted molar refractivity (Wildman–Crippen MR) is 60.5 cm³/mol. The first-order valence-corrected chi connectivity index (χ1v) is 5.15. The number of anilines is 2. The van der Waals surface area contributed by atoms with Gasteiger partial charge in [0.1, 0.15) is 5.82 Å². The number of nitrogens with two attached hydrogens (primary N) is 1. The van der Waals surface area contributed by atoms with Crippen molar-refractivity contribution in [1.29, 1.82) is 0 Å². The molecule has 0 unspecified atom stereocenters. The first-order chi connectivity index (χ1) is 7.16. The molecular formula is C11H16FN3. The molecule has 1 heterocycles. The number of nitrogen functional groups attached to an aromatic ring is 1. The number of hydrogen-bond acceptors (Lipinski definition) is 3. The monoisotopic (exact) mass is 209 g/mol. The van der Waals surface area contributed by atoms with E-state index in [4.69, 9.17) is 5.73 Å². The number of benzene rings is 1. The molecule has 1 saturated heterocycles. The van der Waals surface area contributed by atoms with Crippen molar-refractivity contribution in [2.45, 2.75) is 0 Å². The van der Waals surface area contributed by atoms with Gasteiger partial charge in [-0.2, -0.15) is 0 Å². The Balaban J connectivity index is 2.18. The van der Waals surface area contributed by atoms with E-state index in [9.17, 15) is 4.39 Å². The van der Waals surface area contributed by atoms with Crippen LogP contribution in [-0.2, 0) is 0 Å². The number of halogens is 1. The summed E-state index contributed by atoms with van der Waals surface area (Å²) in [5, 5.41) is 0. The lowest BCUT2D eigenvalue weighted by Crippen LogP contribution is -2.44. The fourth-order valence-corrected chi connectivity index (χ4v) is 1.82. The zero-order valence-corrected chi connectivity index (χ0v) is 8.91. The number of likely N-dealkylation sites (N-methyl/N-ethyl adjacent to an activating group) is 1. The van der Waals surface area contributed by atoms with Crippen molar-refractivity contribution in [2.24, 2.45) is 0 Å². The van der Waals surface area contributed by atoms with Gasteiger partial charge in [-0.3, -0.25) is 0 Å². The molecular weight excluding hydrogens is 193 g/mol. The second-order valence-electron chi connectivity index (χ2n) is 4.00. The van der Waals surface area contributed by atoms with Gasteiger partial charge in [0, 0.05) is 31.9 Å². The Hall–Kier alpha value is -1.29. The Bertz CT molecular complexity index is 346. The van der Waals surface area contributed by atoms with Crippen LogP contribution >= 0.6 is 0 Å². The van der Waals surface area contributed by atoms with E-state index in [1.807, 2.05) is 4.90 Å². The normalized spacial score (nSPS) is 18.1. The summed E-state index contributed by atoms with van der Waals surface area (Å²) in [5.74, 6) is -0.186. The summed E-state index contributed by atoms with van der Waals surface area (Å²) in [6.45, 7) is 3.65. The Labute approximate surface area is 89.3 Å². The van der Waals surface area contributed by atoms with Crippen LogP contribution in [-0.4, -0.2) is 38.1 Å². The van der Waals surface area contributed by atoms with Crippen LogP contribution in [0.4, 0.5) is 15.8 Å². The van der Waals surface area contributed by atoms with Crippen molar-refractivity contribution in [1.82, 2.24) is 4.90 Å². The summed E-state index contributed by atoms with van der Waals surface area (Å²) in [6, 6.07) is 4.73. The van der Waals surface area contributed by atoms with Gasteiger partial charge in [-0.15, -0.1) is 0 Å². The van der Waals surface area contributed by atoms with E-state index in [1.54, 1.807) is 12.1 Å². The Morgan fingerprint density at radius 2 is 1.87 bits per heavy atom. The fraction of sp³-hybridized carbons (Fsp3) is 0.455. The van der Waals surface area contributed by atoms with Gasteiger partial charge in [-0.1, -0.05) is 0 Å². The second-order valence-corrected chi connectivity index (χ2v) is 4.00. The predicted octanol–water partition coefficient (Wildman–Crippen LogP) is 1.16. The zero-order valence-electron chi connectivity index (χ0n) is 8.91. The van der Waals surface area contributed by atoms with Gasteiger partial charge in [0.15, 0.2) is 0 Å². The maximum absolute atomic E-state index is 13.5. The minimum atomic E-state index is -0.186. The topological polar surface area (TPSA) is 32.5 Å². The molecule has 0 aliphatic carbocycles. The minimum Gasteiger partial charge on any atom is -0.399 e. The molecule has 0 spiro atoms. The number of nitrogens with zero attached hydrogens (tertiary/aromatic N) is 2. The van der Waals surface area contributed by atoms with Crippen molar-refractivity contribution in [3.05, 3.63) is 24.0 Å². The zero-order chi connectivity index (χ0) is 10.8. The first-order valence-electron chi connectivity index (χ1n) is 5.15. The summed E-state index contributed by atoms with van der Waals surface area (Å²) in [4.78, 5) is 4.28. The highest BCUT2D eigenvalue weighted by atomic mass is 19.1. The summed E-state index contributed by atoms with van der Waals surface area (Å²) >= 11 is 0. The number of piperazine rings is 1. The highest BCUT2D eigenvalue weighted by Gasteiger charge is 2.17. The third-order valence-corrected chi connectivity index (χ3v) is 2.81. The van der Waals surface area contributed by atoms with E-state index in [-0.39, 0.29) is 5.82 Å². The largest absolute Gasteiger partial charge is 0.399 e. The van der Waals surface area contributed by atoms with Crippen molar-refractivity contribution >= 4 is 11.4 Å². The molecule has 15 heavy (non-hydrogen) atoms. The van der Waals surface area contributed by atoms with Gasteiger partial charge in [0.2, 0.25) is 0 Å². The number of hydrogen-bond donors (Lipinski definition) is 1. The van der Waals surface area contributed by atoms with Gasteiger partial charge in [-0.05, 0) is 25.2 Å². The van der Waals surface area contributed by atoms with Crippen molar-refractivity contribution in [2.75, 3.05) is 43.9 Å². The molecule has 0 radical (unpaired) electrons. The highest BCUT2D eigenvalue weighted by Crippen LogP contribution is 2.22. The van der Waals surface area contributed by atoms with Crippen LogP contribution in [0.2, 0.25) is 0 Å². The summed E-state index contributed by atoms with van der Waals surface area (Å²) in [5.41, 5.74) is 6.90. The molecule has 3 nitrogen and oxygen atoms in total. The summed E-state index contributed by atoms with van der Waals surface area (Å²) in [7, 11) is 2.08. The van der Waals surface area contributed by atoms with E-state index < -0.39 is 0 Å². The molecule has 2 N–H and O–H groups in total. The van der Waals surface area contributed by atoms with Crippen LogP contribution in [0.15, 0.2) is 18.2 Å². The smallest absolute Gasteiger partial charge is 0.146 e. The Morgan fingerprint density at radius 1 is 1.20 bits per heavy atom. The van der Waals surface area contributed by atoms with E-state index in [0.717, 1.165) is 26.2 Å². The summed E-state index contributed by atoms with van der Waals surface area (Å²) < 4.78 is 13.5. The molecule has 82 valence electrons. The molecule has 4 heteroatoms. The molecule has 0 aromatic heterocycles.